The van der Waals surface area contributed by atoms with Gasteiger partial charge in [-0.1, -0.05) is 23.7 Å². The number of carbonyl (C=O) groups is 1. The summed E-state index contributed by atoms with van der Waals surface area (Å²) < 4.78 is 19.0. The fraction of sp³-hybridized carbons (Fsp3) is 0.467. The zero-order valence-corrected chi connectivity index (χ0v) is 23.0. The van der Waals surface area contributed by atoms with Crippen LogP contribution in [0, 0.1) is 5.41 Å². The van der Waals surface area contributed by atoms with E-state index in [4.69, 9.17) is 25.8 Å². The summed E-state index contributed by atoms with van der Waals surface area (Å²) in [5, 5.41) is 1.77. The topological polar surface area (TPSA) is 70.0 Å². The summed E-state index contributed by atoms with van der Waals surface area (Å²) in [6, 6.07) is 13.5. The summed E-state index contributed by atoms with van der Waals surface area (Å²) in [4.78, 5) is 28.1. The Bertz CT molecular complexity index is 1460. The van der Waals surface area contributed by atoms with Crippen LogP contribution in [0.1, 0.15) is 52.0 Å². The Morgan fingerprint density at radius 2 is 1.87 bits per heavy atom. The van der Waals surface area contributed by atoms with Crippen LogP contribution < -0.4 is 15.0 Å². The SMILES string of the molecule is COc1ccc(Cn2ccc3cc(OC4CC45C[C@@H]4CC[C@H]5N4C(=O)OC(C)(C)C)c(Cl)cc3c2=O)cc1. The van der Waals surface area contributed by atoms with E-state index in [0.29, 0.717) is 22.7 Å². The number of hydrogen-bond acceptors (Lipinski definition) is 5. The van der Waals surface area contributed by atoms with Crippen LogP contribution in [0.15, 0.2) is 53.5 Å². The maximum atomic E-state index is 13.2. The average Bonchev–Trinajstić information content (AvgIpc) is 3.21. The van der Waals surface area contributed by atoms with Crippen molar-refractivity contribution in [3.63, 3.8) is 0 Å². The van der Waals surface area contributed by atoms with Gasteiger partial charge in [-0.15, -0.1) is 0 Å². The van der Waals surface area contributed by atoms with E-state index in [0.717, 1.165) is 42.4 Å². The highest BCUT2D eigenvalue weighted by Gasteiger charge is 2.71. The molecule has 8 heteroatoms. The van der Waals surface area contributed by atoms with Crippen LogP contribution in [-0.4, -0.2) is 46.5 Å². The number of nitrogens with zero attached hydrogens (tertiary/aromatic N) is 2. The Hall–Kier alpha value is -3.19. The van der Waals surface area contributed by atoms with Crippen LogP contribution in [-0.2, 0) is 11.3 Å². The molecule has 7 nitrogen and oxygen atoms in total. The molecule has 38 heavy (non-hydrogen) atoms. The molecule has 4 atom stereocenters. The number of benzene rings is 2. The Morgan fingerprint density at radius 3 is 2.58 bits per heavy atom. The number of pyridine rings is 1. The molecule has 3 fully saturated rings. The molecule has 3 aliphatic rings. The molecule has 3 aromatic rings. The van der Waals surface area contributed by atoms with Gasteiger partial charge in [0, 0.05) is 29.1 Å². The van der Waals surface area contributed by atoms with E-state index in [2.05, 4.69) is 0 Å². The van der Waals surface area contributed by atoms with E-state index in [1.165, 1.54) is 0 Å². The highest BCUT2D eigenvalue weighted by Crippen LogP contribution is 2.65. The van der Waals surface area contributed by atoms with Gasteiger partial charge in [0.2, 0.25) is 0 Å². The van der Waals surface area contributed by atoms with Crippen LogP contribution in [0.5, 0.6) is 11.5 Å². The number of ether oxygens (including phenoxy) is 3. The number of carbonyl (C=O) groups excluding carboxylic acids is 1. The van der Waals surface area contributed by atoms with E-state index in [9.17, 15) is 9.59 Å². The minimum absolute atomic E-state index is 0.00636. The Kier molecular flexibility index (Phi) is 5.91. The second-order valence-corrected chi connectivity index (χ2v) is 12.3. The van der Waals surface area contributed by atoms with Gasteiger partial charge in [-0.2, -0.15) is 0 Å². The van der Waals surface area contributed by atoms with Crippen molar-refractivity contribution < 1.29 is 19.0 Å². The summed E-state index contributed by atoms with van der Waals surface area (Å²) in [7, 11) is 1.63. The maximum absolute atomic E-state index is 13.2. The molecule has 2 bridgehead atoms. The van der Waals surface area contributed by atoms with E-state index < -0.39 is 5.60 Å². The van der Waals surface area contributed by atoms with E-state index in [1.807, 2.05) is 62.1 Å². The fourth-order valence-corrected chi connectivity index (χ4v) is 6.61. The number of fused-ring (bicyclic) bond motifs is 4. The fourth-order valence-electron chi connectivity index (χ4n) is 6.40. The van der Waals surface area contributed by atoms with Gasteiger partial charge in [0.25, 0.3) is 5.56 Å². The first-order chi connectivity index (χ1) is 18.1. The molecule has 1 aliphatic carbocycles. The number of rotatable bonds is 5. The number of hydrogen-bond donors (Lipinski definition) is 0. The van der Waals surface area contributed by atoms with Crippen LogP contribution in [0.3, 0.4) is 0 Å². The molecule has 1 spiro atoms. The summed E-state index contributed by atoms with van der Waals surface area (Å²) in [5.74, 6) is 1.36. The van der Waals surface area contributed by atoms with E-state index in [-0.39, 0.29) is 35.3 Å². The lowest BCUT2D eigenvalue weighted by molar-refractivity contribution is 0.0194. The lowest BCUT2D eigenvalue weighted by Crippen LogP contribution is -2.41. The smallest absolute Gasteiger partial charge is 0.410 e. The van der Waals surface area contributed by atoms with Crippen LogP contribution in [0.25, 0.3) is 10.8 Å². The number of aromatic nitrogens is 1. The molecule has 0 N–H and O–H groups in total. The number of methoxy groups -OCH3 is 1. The van der Waals surface area contributed by atoms with Crippen molar-refractivity contribution >= 4 is 28.5 Å². The van der Waals surface area contributed by atoms with Crippen LogP contribution >= 0.6 is 11.6 Å². The van der Waals surface area contributed by atoms with E-state index >= 15 is 0 Å². The molecule has 2 saturated heterocycles. The molecule has 6 rings (SSSR count). The minimum Gasteiger partial charge on any atom is -0.497 e. The van der Waals surface area contributed by atoms with Gasteiger partial charge < -0.3 is 23.7 Å². The lowest BCUT2D eigenvalue weighted by Gasteiger charge is -2.28. The molecule has 2 aromatic carbocycles. The lowest BCUT2D eigenvalue weighted by atomic mass is 9.86. The first-order valence-electron chi connectivity index (χ1n) is 13.2. The highest BCUT2D eigenvalue weighted by molar-refractivity contribution is 6.32. The largest absolute Gasteiger partial charge is 0.497 e. The third kappa shape index (κ3) is 4.31. The van der Waals surface area contributed by atoms with Crippen molar-refractivity contribution in [3.8, 4) is 11.5 Å². The molecule has 2 unspecified atom stereocenters. The predicted molar refractivity (Wildman–Crippen MR) is 146 cm³/mol. The van der Waals surface area contributed by atoms with E-state index in [1.54, 1.807) is 23.9 Å². The molecule has 1 saturated carbocycles. The molecule has 200 valence electrons. The van der Waals surface area contributed by atoms with Gasteiger partial charge in [0.15, 0.2) is 0 Å². The number of halogens is 1. The van der Waals surface area contributed by atoms with Crippen LogP contribution in [0.4, 0.5) is 4.79 Å². The molecule has 1 aromatic heterocycles. The second-order valence-electron chi connectivity index (χ2n) is 11.8. The van der Waals surface area contributed by atoms with Gasteiger partial charge in [-0.3, -0.25) is 4.79 Å². The van der Waals surface area contributed by atoms with Crippen molar-refractivity contribution in [1.29, 1.82) is 0 Å². The number of amides is 1. The second kappa shape index (κ2) is 8.94. The quantitative estimate of drug-likeness (QED) is 0.399. The molecular weight excluding hydrogens is 504 g/mol. The van der Waals surface area contributed by atoms with Gasteiger partial charge in [-0.25, -0.2) is 4.79 Å². The third-order valence-corrected chi connectivity index (χ3v) is 8.54. The molecular formula is C30H33ClN2O5. The summed E-state index contributed by atoms with van der Waals surface area (Å²) >= 11 is 6.65. The highest BCUT2D eigenvalue weighted by atomic mass is 35.5. The molecule has 0 radical (unpaired) electrons. The zero-order valence-electron chi connectivity index (χ0n) is 22.2. The first kappa shape index (κ1) is 25.1. The van der Waals surface area contributed by atoms with Gasteiger partial charge in [0.05, 0.1) is 18.7 Å². The van der Waals surface area contributed by atoms with Gasteiger partial charge in [-0.05, 0) is 87.7 Å². The Morgan fingerprint density at radius 1 is 1.11 bits per heavy atom. The predicted octanol–water partition coefficient (Wildman–Crippen LogP) is 6.02. The van der Waals surface area contributed by atoms with Crippen LogP contribution in [0.2, 0.25) is 5.02 Å². The maximum Gasteiger partial charge on any atom is 0.410 e. The molecule has 1 amide bonds. The Labute approximate surface area is 227 Å². The average molecular weight is 537 g/mol. The van der Waals surface area contributed by atoms with Crippen molar-refractivity contribution in [3.05, 3.63) is 69.6 Å². The standard InChI is InChI=1S/C30H33ClN2O5/c1-29(2,3)38-28(35)33-20-7-10-25(33)30(15-20)16-26(30)37-24-13-19-11-12-32(27(34)22(19)14-23(24)31)17-18-5-8-21(36-4)9-6-18/h5-6,8-9,11-14,20,25-26H,7,10,15-17H2,1-4H3/t20-,25+,26?,30?/m0/s1. The van der Waals surface area contributed by atoms with Gasteiger partial charge >= 0.3 is 6.09 Å². The minimum atomic E-state index is -0.516. The van der Waals surface area contributed by atoms with Crippen molar-refractivity contribution in [2.75, 3.05) is 7.11 Å². The molecule has 3 heterocycles. The monoisotopic (exact) mass is 536 g/mol. The van der Waals surface area contributed by atoms with Crippen molar-refractivity contribution in [2.24, 2.45) is 5.41 Å². The zero-order chi connectivity index (χ0) is 26.8. The third-order valence-electron chi connectivity index (χ3n) is 8.24. The normalized spacial score (nSPS) is 25.7. The summed E-state index contributed by atoms with van der Waals surface area (Å²) in [6.45, 7) is 6.15. The van der Waals surface area contributed by atoms with Gasteiger partial charge in [0.1, 0.15) is 23.2 Å². The summed E-state index contributed by atoms with van der Waals surface area (Å²) in [6.07, 6.45) is 5.39. The van der Waals surface area contributed by atoms with Crippen molar-refractivity contribution in [2.45, 2.75) is 76.8 Å². The van der Waals surface area contributed by atoms with Crippen molar-refractivity contribution in [1.82, 2.24) is 9.47 Å². The molecule has 2 aliphatic heterocycles. The first-order valence-corrected chi connectivity index (χ1v) is 13.6. The Balaban J connectivity index is 1.19. The summed E-state index contributed by atoms with van der Waals surface area (Å²) in [5.41, 5.74) is 0.344.